The van der Waals surface area contributed by atoms with Crippen LogP contribution >= 0.6 is 0 Å². The summed E-state index contributed by atoms with van der Waals surface area (Å²) < 4.78 is 0. The SMILES string of the molecule is CN1CC(=O)N(c2cccc(CN=C=O)c2)CC1=O. The van der Waals surface area contributed by atoms with E-state index in [9.17, 15) is 14.4 Å². The van der Waals surface area contributed by atoms with Crippen LogP contribution in [0, 0.1) is 0 Å². The summed E-state index contributed by atoms with van der Waals surface area (Å²) >= 11 is 0. The second kappa shape index (κ2) is 5.46. The smallest absolute Gasteiger partial charge is 0.247 e. The average molecular weight is 259 g/mol. The normalized spacial score (nSPS) is 15.4. The van der Waals surface area contributed by atoms with E-state index in [4.69, 9.17) is 0 Å². The second-order valence-corrected chi connectivity index (χ2v) is 4.31. The van der Waals surface area contributed by atoms with Gasteiger partial charge in [-0.3, -0.25) is 9.59 Å². The zero-order valence-electron chi connectivity index (χ0n) is 10.5. The molecule has 0 aromatic heterocycles. The number of aliphatic imine (C=N–C) groups is 1. The fourth-order valence-corrected chi connectivity index (χ4v) is 1.90. The number of nitrogens with zero attached hydrogens (tertiary/aromatic N) is 3. The standard InChI is InChI=1S/C13H13N3O3/c1-15-7-13(19)16(8-12(15)18)11-4-2-3-10(5-11)6-14-9-17/h2-5H,6-8H2,1H3. The topological polar surface area (TPSA) is 70.1 Å². The highest BCUT2D eigenvalue weighted by molar-refractivity contribution is 6.04. The molecule has 2 rings (SSSR count). The molecular formula is C13H13N3O3. The number of piperazine rings is 1. The number of anilines is 1. The Kier molecular flexibility index (Phi) is 3.73. The summed E-state index contributed by atoms with van der Waals surface area (Å²) in [7, 11) is 1.60. The highest BCUT2D eigenvalue weighted by atomic mass is 16.2. The lowest BCUT2D eigenvalue weighted by atomic mass is 10.1. The van der Waals surface area contributed by atoms with Gasteiger partial charge in [0.05, 0.1) is 13.1 Å². The molecule has 1 aromatic rings. The summed E-state index contributed by atoms with van der Waals surface area (Å²) in [5.41, 5.74) is 1.44. The Morgan fingerprint density at radius 3 is 2.79 bits per heavy atom. The Balaban J connectivity index is 2.23. The van der Waals surface area contributed by atoms with E-state index in [-0.39, 0.29) is 31.4 Å². The van der Waals surface area contributed by atoms with Crippen LogP contribution in [-0.4, -0.2) is 42.9 Å². The maximum absolute atomic E-state index is 11.9. The summed E-state index contributed by atoms with van der Waals surface area (Å²) in [4.78, 5) is 40.0. The number of amides is 2. The van der Waals surface area contributed by atoms with Gasteiger partial charge in [-0.15, -0.1) is 0 Å². The molecule has 0 N–H and O–H groups in total. The van der Waals surface area contributed by atoms with Gasteiger partial charge in [0.1, 0.15) is 6.54 Å². The first-order valence-corrected chi connectivity index (χ1v) is 5.78. The summed E-state index contributed by atoms with van der Waals surface area (Å²) in [6, 6.07) is 7.07. The van der Waals surface area contributed by atoms with Crippen molar-refractivity contribution in [3.63, 3.8) is 0 Å². The molecule has 2 amide bonds. The van der Waals surface area contributed by atoms with Crippen molar-refractivity contribution in [2.24, 2.45) is 4.99 Å². The Bertz CT molecular complexity index is 564. The Morgan fingerprint density at radius 2 is 2.05 bits per heavy atom. The minimum absolute atomic E-state index is 0.0374. The van der Waals surface area contributed by atoms with Gasteiger partial charge < -0.3 is 9.80 Å². The molecule has 0 atom stereocenters. The lowest BCUT2D eigenvalue weighted by Crippen LogP contribution is -2.52. The molecule has 19 heavy (non-hydrogen) atoms. The van der Waals surface area contributed by atoms with Gasteiger partial charge >= 0.3 is 0 Å². The molecule has 98 valence electrons. The highest BCUT2D eigenvalue weighted by Gasteiger charge is 2.28. The summed E-state index contributed by atoms with van der Waals surface area (Å²) in [6.45, 7) is 0.332. The van der Waals surface area contributed by atoms with Gasteiger partial charge in [-0.05, 0) is 17.7 Å². The van der Waals surface area contributed by atoms with Crippen molar-refractivity contribution in [3.05, 3.63) is 29.8 Å². The number of carbonyl (C=O) groups excluding carboxylic acids is 3. The maximum atomic E-state index is 11.9. The Labute approximate surface area is 110 Å². The first-order valence-electron chi connectivity index (χ1n) is 5.78. The molecule has 1 aromatic carbocycles. The quantitative estimate of drug-likeness (QED) is 0.580. The predicted octanol–water partition coefficient (Wildman–Crippen LogP) is 0.327. The molecule has 1 aliphatic heterocycles. The number of hydrogen-bond donors (Lipinski definition) is 0. The van der Waals surface area contributed by atoms with Crippen LogP contribution in [0.25, 0.3) is 0 Å². The first kappa shape index (κ1) is 13.0. The lowest BCUT2D eigenvalue weighted by Gasteiger charge is -2.31. The van der Waals surface area contributed by atoms with Crippen LogP contribution in [-0.2, 0) is 20.9 Å². The fourth-order valence-electron chi connectivity index (χ4n) is 1.90. The van der Waals surface area contributed by atoms with Gasteiger partial charge in [-0.25, -0.2) is 9.79 Å². The third kappa shape index (κ3) is 2.86. The van der Waals surface area contributed by atoms with Crippen LogP contribution in [0.1, 0.15) is 5.56 Å². The number of carbonyl (C=O) groups is 2. The van der Waals surface area contributed by atoms with E-state index in [2.05, 4.69) is 4.99 Å². The van der Waals surface area contributed by atoms with Crippen LogP contribution < -0.4 is 4.90 Å². The third-order valence-corrected chi connectivity index (χ3v) is 2.94. The number of hydrogen-bond acceptors (Lipinski definition) is 4. The van der Waals surface area contributed by atoms with Gasteiger partial charge in [-0.1, -0.05) is 12.1 Å². The van der Waals surface area contributed by atoms with Crippen molar-refractivity contribution in [2.45, 2.75) is 6.54 Å². The van der Waals surface area contributed by atoms with E-state index in [1.54, 1.807) is 31.3 Å². The van der Waals surface area contributed by atoms with Crippen molar-refractivity contribution in [1.29, 1.82) is 0 Å². The number of rotatable bonds is 3. The van der Waals surface area contributed by atoms with E-state index < -0.39 is 0 Å². The molecule has 0 radical (unpaired) electrons. The molecule has 1 fully saturated rings. The number of isocyanates is 1. The van der Waals surface area contributed by atoms with Crippen LogP contribution in [0.5, 0.6) is 0 Å². The van der Waals surface area contributed by atoms with Crippen LogP contribution in [0.3, 0.4) is 0 Å². The molecule has 0 saturated carbocycles. The van der Waals surface area contributed by atoms with Crippen molar-refractivity contribution in [2.75, 3.05) is 25.0 Å². The number of likely N-dealkylation sites (N-methyl/N-ethyl adjacent to an activating group) is 1. The first-order chi connectivity index (χ1) is 9.11. The van der Waals surface area contributed by atoms with Crippen molar-refractivity contribution < 1.29 is 14.4 Å². The van der Waals surface area contributed by atoms with Gasteiger partial charge in [0.25, 0.3) is 0 Å². The summed E-state index contributed by atoms with van der Waals surface area (Å²) in [5, 5.41) is 0. The van der Waals surface area contributed by atoms with E-state index in [1.165, 1.54) is 15.9 Å². The molecule has 0 aliphatic carbocycles. The third-order valence-electron chi connectivity index (χ3n) is 2.94. The van der Waals surface area contributed by atoms with E-state index in [1.807, 2.05) is 0 Å². The molecule has 1 heterocycles. The molecule has 0 unspecified atom stereocenters. The van der Waals surface area contributed by atoms with Gasteiger partial charge in [0, 0.05) is 12.7 Å². The zero-order chi connectivity index (χ0) is 13.8. The van der Waals surface area contributed by atoms with Crippen molar-refractivity contribution in [3.8, 4) is 0 Å². The van der Waals surface area contributed by atoms with E-state index in [0.717, 1.165) is 5.56 Å². The summed E-state index contributed by atoms with van der Waals surface area (Å²) in [6.07, 6.45) is 1.47. The summed E-state index contributed by atoms with van der Waals surface area (Å²) in [5.74, 6) is -0.228. The van der Waals surface area contributed by atoms with E-state index in [0.29, 0.717) is 5.69 Å². The van der Waals surface area contributed by atoms with Crippen LogP contribution in [0.2, 0.25) is 0 Å². The monoisotopic (exact) mass is 259 g/mol. The molecule has 6 heteroatoms. The van der Waals surface area contributed by atoms with Gasteiger partial charge in [0.2, 0.25) is 17.9 Å². The molecule has 1 saturated heterocycles. The van der Waals surface area contributed by atoms with Crippen molar-refractivity contribution in [1.82, 2.24) is 4.90 Å². The number of benzene rings is 1. The molecule has 6 nitrogen and oxygen atoms in total. The van der Waals surface area contributed by atoms with Gasteiger partial charge in [0.15, 0.2) is 0 Å². The van der Waals surface area contributed by atoms with Crippen molar-refractivity contribution >= 4 is 23.6 Å². The van der Waals surface area contributed by atoms with E-state index >= 15 is 0 Å². The largest absolute Gasteiger partial charge is 0.335 e. The zero-order valence-corrected chi connectivity index (χ0v) is 10.5. The fraction of sp³-hybridized carbons (Fsp3) is 0.308. The Hall–Kier alpha value is -2.46. The average Bonchev–Trinajstić information content (AvgIpc) is 2.41. The minimum atomic E-state index is -0.127. The molecule has 1 aliphatic rings. The highest BCUT2D eigenvalue weighted by Crippen LogP contribution is 2.19. The molecular weight excluding hydrogens is 246 g/mol. The van der Waals surface area contributed by atoms with Gasteiger partial charge in [-0.2, -0.15) is 0 Å². The van der Waals surface area contributed by atoms with Crippen LogP contribution in [0.15, 0.2) is 29.3 Å². The lowest BCUT2D eigenvalue weighted by molar-refractivity contribution is -0.136. The maximum Gasteiger partial charge on any atom is 0.247 e. The Morgan fingerprint density at radius 1 is 1.26 bits per heavy atom. The predicted molar refractivity (Wildman–Crippen MR) is 68.3 cm³/mol. The second-order valence-electron chi connectivity index (χ2n) is 4.31. The van der Waals surface area contributed by atoms with Crippen LogP contribution in [0.4, 0.5) is 5.69 Å². The molecule has 0 bridgehead atoms. The molecule has 0 spiro atoms. The minimum Gasteiger partial charge on any atom is -0.335 e.